The molecule has 0 unspecified atom stereocenters. The van der Waals surface area contributed by atoms with Crippen LogP contribution >= 0.6 is 0 Å². The lowest BCUT2D eigenvalue weighted by Gasteiger charge is -2.30. The number of aromatic nitrogens is 3. The molecule has 0 bridgehead atoms. The second-order valence-corrected chi connectivity index (χ2v) is 9.70. The number of likely N-dealkylation sites (tertiary alicyclic amines) is 1. The maximum Gasteiger partial charge on any atom is 0.248 e. The third-order valence-electron chi connectivity index (χ3n) is 6.54. The minimum atomic E-state index is -0.749. The van der Waals surface area contributed by atoms with E-state index in [2.05, 4.69) is 15.4 Å². The Hall–Kier alpha value is -3.46. The lowest BCUT2D eigenvalue weighted by Crippen LogP contribution is -2.49. The molecule has 186 valence electrons. The van der Waals surface area contributed by atoms with Crippen LogP contribution in [0.3, 0.4) is 0 Å². The Balaban J connectivity index is 1.47. The molecule has 0 radical (unpaired) electrons. The Labute approximate surface area is 205 Å². The van der Waals surface area contributed by atoms with Gasteiger partial charge in [-0.25, -0.2) is 4.98 Å². The number of carbonyl (C=O) groups excluding carboxylic acids is 2. The summed E-state index contributed by atoms with van der Waals surface area (Å²) in [5.74, 6) is 0.194. The zero-order valence-corrected chi connectivity index (χ0v) is 20.8. The van der Waals surface area contributed by atoms with E-state index < -0.39 is 18.2 Å². The van der Waals surface area contributed by atoms with Crippen molar-refractivity contribution in [2.75, 3.05) is 6.54 Å². The highest BCUT2D eigenvalue weighted by Crippen LogP contribution is 2.28. The molecule has 1 aromatic carbocycles. The van der Waals surface area contributed by atoms with E-state index in [4.69, 9.17) is 4.42 Å². The number of aryl methyl sites for hydroxylation is 2. The lowest BCUT2D eigenvalue weighted by atomic mass is 10.0. The normalized spacial score (nSPS) is 19.7. The van der Waals surface area contributed by atoms with Crippen LogP contribution < -0.4 is 5.32 Å². The number of rotatable bonds is 7. The van der Waals surface area contributed by atoms with Gasteiger partial charge in [0.2, 0.25) is 11.8 Å². The Bertz CT molecular complexity index is 1180. The second-order valence-electron chi connectivity index (χ2n) is 9.70. The van der Waals surface area contributed by atoms with Crippen LogP contribution in [0, 0.1) is 19.8 Å². The van der Waals surface area contributed by atoms with Crippen molar-refractivity contribution in [1.82, 2.24) is 25.0 Å². The fraction of sp³-hybridized carbons (Fsp3) is 0.462. The van der Waals surface area contributed by atoms with Crippen molar-refractivity contribution < 1.29 is 19.1 Å². The van der Waals surface area contributed by atoms with Crippen molar-refractivity contribution in [3.8, 4) is 11.3 Å². The SMILES string of the molecule is Cc1cnn([C@H](C(=O)N2C[C@H](O)C[C@H]2C(=O)N[C@@H](C)c2ccc(-c3ocnc3C)cc2)C(C)C)c1. The molecule has 1 aliphatic rings. The van der Waals surface area contributed by atoms with Gasteiger partial charge in [0, 0.05) is 24.7 Å². The smallest absolute Gasteiger partial charge is 0.248 e. The summed E-state index contributed by atoms with van der Waals surface area (Å²) in [6.45, 7) is 9.73. The van der Waals surface area contributed by atoms with Gasteiger partial charge in [-0.3, -0.25) is 14.3 Å². The van der Waals surface area contributed by atoms with Crippen LogP contribution in [0.1, 0.15) is 56.1 Å². The Morgan fingerprint density at radius 1 is 1.17 bits per heavy atom. The predicted molar refractivity (Wildman–Crippen MR) is 130 cm³/mol. The number of hydrogen-bond acceptors (Lipinski definition) is 6. The molecule has 1 fully saturated rings. The van der Waals surface area contributed by atoms with Crippen molar-refractivity contribution >= 4 is 11.8 Å². The minimum absolute atomic E-state index is 0.0336. The largest absolute Gasteiger partial charge is 0.443 e. The van der Waals surface area contributed by atoms with Crippen LogP contribution in [0.4, 0.5) is 0 Å². The molecule has 3 heterocycles. The molecule has 2 amide bonds. The quantitative estimate of drug-likeness (QED) is 0.538. The van der Waals surface area contributed by atoms with Gasteiger partial charge < -0.3 is 19.7 Å². The van der Waals surface area contributed by atoms with Gasteiger partial charge in [-0.15, -0.1) is 0 Å². The molecule has 2 N–H and O–H groups in total. The first-order chi connectivity index (χ1) is 16.7. The number of β-amino-alcohol motifs (C(OH)–C–C–N with tert-alkyl or cyclic N) is 1. The number of amides is 2. The summed E-state index contributed by atoms with van der Waals surface area (Å²) in [6, 6.07) is 6.16. The fourth-order valence-corrected chi connectivity index (χ4v) is 4.66. The van der Waals surface area contributed by atoms with Gasteiger partial charge in [0.25, 0.3) is 0 Å². The number of aliphatic hydroxyl groups is 1. The molecule has 4 atom stereocenters. The monoisotopic (exact) mass is 479 g/mol. The van der Waals surface area contributed by atoms with Gasteiger partial charge in [-0.2, -0.15) is 5.10 Å². The highest BCUT2D eigenvalue weighted by Gasteiger charge is 2.42. The fourth-order valence-electron chi connectivity index (χ4n) is 4.66. The van der Waals surface area contributed by atoms with Crippen molar-refractivity contribution in [1.29, 1.82) is 0 Å². The maximum atomic E-state index is 13.6. The molecule has 0 saturated carbocycles. The number of nitrogens with one attached hydrogen (secondary N) is 1. The van der Waals surface area contributed by atoms with Gasteiger partial charge in [-0.1, -0.05) is 38.1 Å². The summed E-state index contributed by atoms with van der Waals surface area (Å²) in [7, 11) is 0. The van der Waals surface area contributed by atoms with Gasteiger partial charge >= 0.3 is 0 Å². The van der Waals surface area contributed by atoms with Crippen LogP contribution in [-0.4, -0.2) is 55.3 Å². The number of carbonyl (C=O) groups is 2. The van der Waals surface area contributed by atoms with Crippen molar-refractivity contribution in [3.63, 3.8) is 0 Å². The second kappa shape index (κ2) is 10.0. The van der Waals surface area contributed by atoms with Crippen LogP contribution in [0.15, 0.2) is 47.5 Å². The van der Waals surface area contributed by atoms with Crippen molar-refractivity contribution in [3.05, 3.63) is 59.9 Å². The van der Waals surface area contributed by atoms with E-state index in [0.717, 1.165) is 28.1 Å². The minimum Gasteiger partial charge on any atom is -0.443 e. The third-order valence-corrected chi connectivity index (χ3v) is 6.54. The molecular weight excluding hydrogens is 446 g/mol. The van der Waals surface area contributed by atoms with Crippen molar-refractivity contribution in [2.45, 2.75) is 65.3 Å². The van der Waals surface area contributed by atoms with E-state index in [1.165, 1.54) is 11.3 Å². The Morgan fingerprint density at radius 3 is 2.46 bits per heavy atom. The number of oxazole rings is 1. The number of nitrogens with zero attached hydrogens (tertiary/aromatic N) is 4. The summed E-state index contributed by atoms with van der Waals surface area (Å²) in [5.41, 5.74) is 3.60. The van der Waals surface area contributed by atoms with Crippen LogP contribution in [0.5, 0.6) is 0 Å². The summed E-state index contributed by atoms with van der Waals surface area (Å²) >= 11 is 0. The molecule has 35 heavy (non-hydrogen) atoms. The third kappa shape index (κ3) is 5.14. The van der Waals surface area contributed by atoms with Crippen LogP contribution in [-0.2, 0) is 9.59 Å². The molecule has 1 saturated heterocycles. The zero-order valence-electron chi connectivity index (χ0n) is 20.8. The van der Waals surface area contributed by atoms with E-state index in [1.807, 2.05) is 65.1 Å². The van der Waals surface area contributed by atoms with Crippen LogP contribution in [0.2, 0.25) is 0 Å². The lowest BCUT2D eigenvalue weighted by molar-refractivity contribution is -0.142. The molecule has 9 heteroatoms. The maximum absolute atomic E-state index is 13.6. The Kier molecular flexibility index (Phi) is 7.07. The van der Waals surface area contributed by atoms with Gasteiger partial charge in [0.15, 0.2) is 12.2 Å². The molecule has 0 spiro atoms. The summed E-state index contributed by atoms with van der Waals surface area (Å²) < 4.78 is 7.10. The first-order valence-corrected chi connectivity index (χ1v) is 12.0. The molecule has 2 aromatic heterocycles. The Morgan fingerprint density at radius 2 is 1.89 bits per heavy atom. The first-order valence-electron chi connectivity index (χ1n) is 12.0. The van der Waals surface area contributed by atoms with Gasteiger partial charge in [0.05, 0.1) is 24.0 Å². The summed E-state index contributed by atoms with van der Waals surface area (Å²) in [6.07, 6.45) is 4.42. The molecule has 0 aliphatic carbocycles. The van der Waals surface area contributed by atoms with E-state index in [1.54, 1.807) is 10.9 Å². The number of benzene rings is 1. The number of aliphatic hydroxyl groups excluding tert-OH is 1. The average molecular weight is 480 g/mol. The van der Waals surface area contributed by atoms with E-state index in [9.17, 15) is 14.7 Å². The van der Waals surface area contributed by atoms with Crippen molar-refractivity contribution in [2.24, 2.45) is 5.92 Å². The van der Waals surface area contributed by atoms with E-state index in [0.29, 0.717) is 0 Å². The molecular formula is C26H33N5O4. The highest BCUT2D eigenvalue weighted by molar-refractivity contribution is 5.90. The molecule has 4 rings (SSSR count). The van der Waals surface area contributed by atoms with E-state index in [-0.39, 0.29) is 36.7 Å². The predicted octanol–water partition coefficient (Wildman–Crippen LogP) is 3.19. The van der Waals surface area contributed by atoms with Gasteiger partial charge in [-0.05, 0) is 37.8 Å². The summed E-state index contributed by atoms with van der Waals surface area (Å²) in [4.78, 5) is 32.4. The molecule has 1 aliphatic heterocycles. The van der Waals surface area contributed by atoms with E-state index >= 15 is 0 Å². The van der Waals surface area contributed by atoms with Crippen LogP contribution in [0.25, 0.3) is 11.3 Å². The van der Waals surface area contributed by atoms with Gasteiger partial charge in [0.1, 0.15) is 12.1 Å². The standard InChI is InChI=1S/C26H33N5O4/c1-15(2)23(31-12-16(3)11-28-31)26(34)30-13-21(32)10-22(30)25(33)29-17(4)19-6-8-20(9-7-19)24-18(5)27-14-35-24/h6-9,11-12,14-15,17,21-23,32H,10,13H2,1-5H3,(H,29,33)/t17-,21+,22-,23-/m0/s1. The topological polar surface area (TPSA) is 113 Å². The highest BCUT2D eigenvalue weighted by atomic mass is 16.3. The molecule has 3 aromatic rings. The number of hydrogen-bond donors (Lipinski definition) is 2. The summed E-state index contributed by atoms with van der Waals surface area (Å²) in [5, 5.41) is 17.7. The molecule has 9 nitrogen and oxygen atoms in total. The average Bonchev–Trinajstić information content (AvgIpc) is 3.53. The zero-order chi connectivity index (χ0) is 25.3. The first kappa shape index (κ1) is 24.7.